The fourth-order valence-electron chi connectivity index (χ4n) is 1.39. The van der Waals surface area contributed by atoms with E-state index in [0.29, 0.717) is 5.39 Å². The monoisotopic (exact) mass is 232 g/mol. The van der Waals surface area contributed by atoms with Crippen LogP contribution in [0.3, 0.4) is 0 Å². The maximum Gasteiger partial charge on any atom is 0.418 e. The lowest BCUT2D eigenvalue weighted by molar-refractivity contribution is -0.206. The van der Waals surface area contributed by atoms with Crippen molar-refractivity contribution < 1.29 is 18.3 Å². The van der Waals surface area contributed by atoms with Crippen LogP contribution in [0.4, 0.5) is 13.2 Å². The Kier molecular flexibility index (Phi) is 2.44. The van der Waals surface area contributed by atoms with Gasteiger partial charge in [0.15, 0.2) is 6.10 Å². The number of alkyl halides is 3. The van der Waals surface area contributed by atoms with Crippen molar-refractivity contribution in [2.45, 2.75) is 12.3 Å². The van der Waals surface area contributed by atoms with Gasteiger partial charge in [-0.25, -0.2) is 0 Å². The minimum Gasteiger partial charge on any atom is -0.379 e. The summed E-state index contributed by atoms with van der Waals surface area (Å²) in [6, 6.07) is 6.72. The summed E-state index contributed by atoms with van der Waals surface area (Å²) < 4.78 is 37.6. The van der Waals surface area contributed by atoms with E-state index in [0.717, 1.165) is 4.70 Å². The summed E-state index contributed by atoms with van der Waals surface area (Å²) in [6.07, 6.45) is -7.00. The van der Waals surface area contributed by atoms with E-state index in [1.807, 2.05) is 0 Å². The molecular weight excluding hydrogens is 225 g/mol. The Labute approximate surface area is 87.8 Å². The van der Waals surface area contributed by atoms with Crippen LogP contribution in [0, 0.1) is 0 Å². The zero-order valence-corrected chi connectivity index (χ0v) is 8.27. The lowest BCUT2D eigenvalue weighted by Crippen LogP contribution is -2.19. The van der Waals surface area contributed by atoms with Crippen molar-refractivity contribution in [1.82, 2.24) is 0 Å². The molecule has 1 nitrogen and oxygen atoms in total. The van der Waals surface area contributed by atoms with Gasteiger partial charge in [-0.15, -0.1) is 11.3 Å². The molecule has 0 aliphatic carbocycles. The molecular formula is C10H7F3OS. The average molecular weight is 232 g/mol. The minimum absolute atomic E-state index is 0.0666. The zero-order valence-electron chi connectivity index (χ0n) is 7.45. The predicted molar refractivity (Wildman–Crippen MR) is 52.8 cm³/mol. The number of aliphatic hydroxyl groups excluding tert-OH is 1. The first-order valence-corrected chi connectivity index (χ1v) is 5.09. The summed E-state index contributed by atoms with van der Waals surface area (Å²) in [6.45, 7) is 0. The quantitative estimate of drug-likeness (QED) is 0.797. The number of rotatable bonds is 1. The summed E-state index contributed by atoms with van der Waals surface area (Å²) in [4.78, 5) is 0. The highest BCUT2D eigenvalue weighted by atomic mass is 32.1. The van der Waals surface area contributed by atoms with E-state index in [1.165, 1.54) is 16.7 Å². The minimum atomic E-state index is -4.61. The van der Waals surface area contributed by atoms with Crippen LogP contribution in [-0.4, -0.2) is 11.3 Å². The molecule has 0 spiro atoms. The summed E-state index contributed by atoms with van der Waals surface area (Å²) in [5, 5.41) is 10.9. The molecule has 1 N–H and O–H groups in total. The van der Waals surface area contributed by atoms with Crippen LogP contribution < -0.4 is 0 Å². The maximum atomic E-state index is 12.3. The number of halogens is 3. The fourth-order valence-corrected chi connectivity index (χ4v) is 2.37. The molecule has 0 fully saturated rings. The van der Waals surface area contributed by atoms with Crippen molar-refractivity contribution in [3.05, 3.63) is 35.2 Å². The molecule has 0 aliphatic heterocycles. The molecule has 2 rings (SSSR count). The molecule has 0 aliphatic rings. The van der Waals surface area contributed by atoms with Crippen LogP contribution in [-0.2, 0) is 0 Å². The molecule has 0 amide bonds. The van der Waals surface area contributed by atoms with Crippen molar-refractivity contribution >= 4 is 21.4 Å². The van der Waals surface area contributed by atoms with E-state index < -0.39 is 12.3 Å². The normalized spacial score (nSPS) is 14.4. The molecule has 0 unspecified atom stereocenters. The second-order valence-electron chi connectivity index (χ2n) is 3.13. The standard InChI is InChI=1S/C10H7F3OS/c11-10(12,13)9(14)7-5-15-8-4-2-1-3-6(7)8/h1-5,9,14H/t9-/m1/s1. The fraction of sp³-hybridized carbons (Fsp3) is 0.200. The van der Waals surface area contributed by atoms with Crippen LogP contribution >= 0.6 is 11.3 Å². The van der Waals surface area contributed by atoms with Crippen LogP contribution in [0.25, 0.3) is 10.1 Å². The van der Waals surface area contributed by atoms with Gasteiger partial charge >= 0.3 is 6.18 Å². The first kappa shape index (κ1) is 10.4. The van der Waals surface area contributed by atoms with Crippen LogP contribution in [0.15, 0.2) is 29.6 Å². The zero-order chi connectivity index (χ0) is 11.1. The van der Waals surface area contributed by atoms with E-state index in [4.69, 9.17) is 5.11 Å². The first-order chi connectivity index (χ1) is 7.00. The molecule has 15 heavy (non-hydrogen) atoms. The molecule has 1 aromatic carbocycles. The number of benzene rings is 1. The third kappa shape index (κ3) is 1.85. The van der Waals surface area contributed by atoms with E-state index in [-0.39, 0.29) is 5.56 Å². The number of hydrogen-bond acceptors (Lipinski definition) is 2. The number of thiophene rings is 1. The van der Waals surface area contributed by atoms with Crippen molar-refractivity contribution in [1.29, 1.82) is 0 Å². The summed E-state index contributed by atoms with van der Waals surface area (Å²) in [5.41, 5.74) is -0.0666. The van der Waals surface area contributed by atoms with E-state index in [1.54, 1.807) is 24.3 Å². The SMILES string of the molecule is O[C@H](c1csc2ccccc12)C(F)(F)F. The summed E-state index contributed by atoms with van der Waals surface area (Å²) in [7, 11) is 0. The number of hydrogen-bond donors (Lipinski definition) is 1. The largest absolute Gasteiger partial charge is 0.418 e. The molecule has 1 aromatic heterocycles. The van der Waals surface area contributed by atoms with Gasteiger partial charge in [0.2, 0.25) is 0 Å². The highest BCUT2D eigenvalue weighted by molar-refractivity contribution is 7.17. The molecule has 1 heterocycles. The molecule has 0 bridgehead atoms. The Morgan fingerprint density at radius 3 is 2.53 bits per heavy atom. The molecule has 0 saturated heterocycles. The molecule has 1 atom stereocenters. The van der Waals surface area contributed by atoms with Crippen molar-refractivity contribution in [2.24, 2.45) is 0 Å². The van der Waals surface area contributed by atoms with Crippen molar-refractivity contribution in [3.8, 4) is 0 Å². The van der Waals surface area contributed by atoms with Gasteiger partial charge in [-0.2, -0.15) is 13.2 Å². The number of fused-ring (bicyclic) bond motifs is 1. The maximum absolute atomic E-state index is 12.3. The Balaban J connectivity index is 2.53. The summed E-state index contributed by atoms with van der Waals surface area (Å²) in [5.74, 6) is 0. The van der Waals surface area contributed by atoms with E-state index >= 15 is 0 Å². The smallest absolute Gasteiger partial charge is 0.379 e. The Hall–Kier alpha value is -1.07. The van der Waals surface area contributed by atoms with Gasteiger partial charge in [-0.05, 0) is 16.8 Å². The van der Waals surface area contributed by atoms with Gasteiger partial charge in [0, 0.05) is 10.3 Å². The van der Waals surface area contributed by atoms with E-state index in [2.05, 4.69) is 0 Å². The van der Waals surface area contributed by atoms with E-state index in [9.17, 15) is 13.2 Å². The van der Waals surface area contributed by atoms with Gasteiger partial charge in [0.05, 0.1) is 0 Å². The Morgan fingerprint density at radius 1 is 1.20 bits per heavy atom. The average Bonchev–Trinajstić information content (AvgIpc) is 2.58. The lowest BCUT2D eigenvalue weighted by atomic mass is 10.1. The van der Waals surface area contributed by atoms with Gasteiger partial charge < -0.3 is 5.11 Å². The second kappa shape index (κ2) is 3.50. The molecule has 80 valence electrons. The van der Waals surface area contributed by atoms with Gasteiger partial charge in [-0.1, -0.05) is 18.2 Å². The van der Waals surface area contributed by atoms with Crippen molar-refractivity contribution in [3.63, 3.8) is 0 Å². The molecule has 0 saturated carbocycles. The topological polar surface area (TPSA) is 20.2 Å². The number of aliphatic hydroxyl groups is 1. The lowest BCUT2D eigenvalue weighted by Gasteiger charge is -2.13. The molecule has 2 aromatic rings. The molecule has 5 heteroatoms. The van der Waals surface area contributed by atoms with Gasteiger partial charge in [-0.3, -0.25) is 0 Å². The highest BCUT2D eigenvalue weighted by Gasteiger charge is 2.40. The Morgan fingerprint density at radius 2 is 1.87 bits per heavy atom. The van der Waals surface area contributed by atoms with Crippen LogP contribution in [0.1, 0.15) is 11.7 Å². The second-order valence-corrected chi connectivity index (χ2v) is 4.04. The predicted octanol–water partition coefficient (Wildman–Crippen LogP) is 3.50. The third-order valence-corrected chi connectivity index (χ3v) is 3.10. The Bertz CT molecular complexity index is 475. The van der Waals surface area contributed by atoms with Crippen molar-refractivity contribution in [2.75, 3.05) is 0 Å². The summed E-state index contributed by atoms with van der Waals surface area (Å²) >= 11 is 1.20. The first-order valence-electron chi connectivity index (χ1n) is 4.21. The van der Waals surface area contributed by atoms with Crippen LogP contribution in [0.2, 0.25) is 0 Å². The van der Waals surface area contributed by atoms with Crippen LogP contribution in [0.5, 0.6) is 0 Å². The third-order valence-electron chi connectivity index (χ3n) is 2.12. The highest BCUT2D eigenvalue weighted by Crippen LogP contribution is 2.38. The molecule has 0 radical (unpaired) electrons. The van der Waals surface area contributed by atoms with Gasteiger partial charge in [0.25, 0.3) is 0 Å². The van der Waals surface area contributed by atoms with Gasteiger partial charge in [0.1, 0.15) is 0 Å².